The van der Waals surface area contributed by atoms with Gasteiger partial charge in [0.05, 0.1) is 25.4 Å². The molecule has 1 aromatic heterocycles. The Kier molecular flexibility index (Phi) is 6.01. The van der Waals surface area contributed by atoms with Gasteiger partial charge in [-0.3, -0.25) is 4.79 Å². The minimum Gasteiger partial charge on any atom is -0.497 e. The average molecular weight is 356 g/mol. The van der Waals surface area contributed by atoms with Gasteiger partial charge in [0.1, 0.15) is 17.1 Å². The first-order chi connectivity index (χ1) is 12.3. The number of thioether (sulfide) groups is 1. The van der Waals surface area contributed by atoms with E-state index in [0.29, 0.717) is 23.3 Å². The van der Waals surface area contributed by atoms with E-state index in [1.807, 2.05) is 30.0 Å². The highest BCUT2D eigenvalue weighted by atomic mass is 32.2. The zero-order valence-corrected chi connectivity index (χ0v) is 14.9. The minimum atomic E-state index is -0.0532. The lowest BCUT2D eigenvalue weighted by Crippen LogP contribution is -2.01. The maximum absolute atomic E-state index is 11.8. The molecule has 0 radical (unpaired) electrons. The van der Waals surface area contributed by atoms with Gasteiger partial charge in [0, 0.05) is 11.0 Å². The summed E-state index contributed by atoms with van der Waals surface area (Å²) in [6, 6.07) is 14.9. The summed E-state index contributed by atoms with van der Waals surface area (Å²) in [7, 11) is 1.67. The van der Waals surface area contributed by atoms with Crippen LogP contribution in [0.1, 0.15) is 12.8 Å². The van der Waals surface area contributed by atoms with Gasteiger partial charge >= 0.3 is 0 Å². The highest BCUT2D eigenvalue weighted by Crippen LogP contribution is 2.22. The fourth-order valence-corrected chi connectivity index (χ4v) is 3.32. The maximum Gasteiger partial charge on any atom is 0.192 e. The molecule has 0 N–H and O–H groups in total. The van der Waals surface area contributed by atoms with Gasteiger partial charge in [0.25, 0.3) is 0 Å². The Morgan fingerprint density at radius 1 is 1.00 bits per heavy atom. The van der Waals surface area contributed by atoms with E-state index in [0.717, 1.165) is 24.3 Å². The quantitative estimate of drug-likeness (QED) is 0.430. The van der Waals surface area contributed by atoms with Crippen LogP contribution in [0, 0.1) is 0 Å². The van der Waals surface area contributed by atoms with Crippen LogP contribution in [0.4, 0.5) is 0 Å². The second kappa shape index (κ2) is 8.62. The molecule has 2 aromatic carbocycles. The molecule has 4 nitrogen and oxygen atoms in total. The van der Waals surface area contributed by atoms with Crippen molar-refractivity contribution in [3.63, 3.8) is 0 Å². The molecule has 0 saturated heterocycles. The lowest BCUT2D eigenvalue weighted by molar-refractivity contribution is 0.310. The molecule has 0 spiro atoms. The van der Waals surface area contributed by atoms with Crippen LogP contribution in [0.5, 0.6) is 11.5 Å². The van der Waals surface area contributed by atoms with Gasteiger partial charge in [0.2, 0.25) is 0 Å². The maximum atomic E-state index is 11.8. The number of hydrogen-bond acceptors (Lipinski definition) is 5. The normalized spacial score (nSPS) is 10.8. The predicted molar refractivity (Wildman–Crippen MR) is 101 cm³/mol. The summed E-state index contributed by atoms with van der Waals surface area (Å²) in [5.41, 5.74) is 0.526. The molecule has 3 rings (SSSR count). The van der Waals surface area contributed by atoms with Crippen LogP contribution in [0.15, 0.2) is 68.9 Å². The van der Waals surface area contributed by atoms with Crippen LogP contribution >= 0.6 is 11.8 Å². The van der Waals surface area contributed by atoms with Crippen LogP contribution in [-0.4, -0.2) is 19.5 Å². The molecular weight excluding hydrogens is 336 g/mol. The highest BCUT2D eigenvalue weighted by molar-refractivity contribution is 7.99. The smallest absolute Gasteiger partial charge is 0.192 e. The van der Waals surface area contributed by atoms with E-state index in [9.17, 15) is 4.79 Å². The van der Waals surface area contributed by atoms with Crippen molar-refractivity contribution in [3.05, 3.63) is 65.0 Å². The van der Waals surface area contributed by atoms with E-state index in [1.165, 1.54) is 17.2 Å². The molecule has 0 fully saturated rings. The van der Waals surface area contributed by atoms with E-state index in [2.05, 4.69) is 12.1 Å². The molecule has 0 aliphatic heterocycles. The Bertz CT molecular complexity index is 871. The average Bonchev–Trinajstić information content (AvgIpc) is 2.65. The Hall–Kier alpha value is -2.40. The first kappa shape index (κ1) is 17.4. The number of benzene rings is 2. The van der Waals surface area contributed by atoms with Crippen molar-refractivity contribution in [2.45, 2.75) is 17.7 Å². The van der Waals surface area contributed by atoms with Crippen molar-refractivity contribution < 1.29 is 13.9 Å². The van der Waals surface area contributed by atoms with E-state index < -0.39 is 0 Å². The topological polar surface area (TPSA) is 48.7 Å². The Balaban J connectivity index is 1.41. The van der Waals surface area contributed by atoms with Crippen molar-refractivity contribution in [3.8, 4) is 11.5 Å². The van der Waals surface area contributed by atoms with Crippen LogP contribution in [0.2, 0.25) is 0 Å². The van der Waals surface area contributed by atoms with E-state index in [4.69, 9.17) is 13.9 Å². The summed E-state index contributed by atoms with van der Waals surface area (Å²) < 4.78 is 16.2. The molecular formula is C20H20O4S. The van der Waals surface area contributed by atoms with Gasteiger partial charge in [-0.05, 0) is 61.1 Å². The molecule has 0 aliphatic carbocycles. The third kappa shape index (κ3) is 4.79. The van der Waals surface area contributed by atoms with Crippen molar-refractivity contribution >= 4 is 22.7 Å². The Morgan fingerprint density at radius 3 is 2.60 bits per heavy atom. The van der Waals surface area contributed by atoms with Gasteiger partial charge in [-0.2, -0.15) is 0 Å². The number of fused-ring (bicyclic) bond motifs is 1. The second-order valence-electron chi connectivity index (χ2n) is 5.52. The van der Waals surface area contributed by atoms with Gasteiger partial charge < -0.3 is 13.9 Å². The van der Waals surface area contributed by atoms with E-state index in [-0.39, 0.29) is 5.43 Å². The molecule has 25 heavy (non-hydrogen) atoms. The molecule has 0 saturated carbocycles. The van der Waals surface area contributed by atoms with Crippen LogP contribution in [-0.2, 0) is 0 Å². The fraction of sp³-hybridized carbons (Fsp3) is 0.250. The number of hydrogen-bond donors (Lipinski definition) is 0. The van der Waals surface area contributed by atoms with Crippen molar-refractivity contribution in [1.82, 2.24) is 0 Å². The van der Waals surface area contributed by atoms with Crippen molar-refractivity contribution in [2.75, 3.05) is 19.5 Å². The molecule has 0 aliphatic rings. The van der Waals surface area contributed by atoms with Gasteiger partial charge in [-0.1, -0.05) is 0 Å². The van der Waals surface area contributed by atoms with E-state index in [1.54, 1.807) is 19.2 Å². The number of rotatable bonds is 8. The third-order valence-corrected chi connectivity index (χ3v) is 4.86. The standard InChI is InChI=1S/C20H20O4S/c1-22-15-4-7-17(8-5-15)25-13-3-2-11-23-16-6-9-20-18(14-16)19(21)10-12-24-20/h4-10,12,14H,2-3,11,13H2,1H3. The SMILES string of the molecule is COc1ccc(SCCCCOc2ccc3occc(=O)c3c2)cc1. The molecule has 3 aromatic rings. The highest BCUT2D eigenvalue weighted by Gasteiger charge is 2.02. The van der Waals surface area contributed by atoms with Crippen LogP contribution in [0.25, 0.3) is 11.0 Å². The molecule has 0 atom stereocenters. The zero-order chi connectivity index (χ0) is 17.5. The van der Waals surface area contributed by atoms with Crippen molar-refractivity contribution in [1.29, 1.82) is 0 Å². The summed E-state index contributed by atoms with van der Waals surface area (Å²) in [5.74, 6) is 2.62. The van der Waals surface area contributed by atoms with Crippen molar-refractivity contribution in [2.24, 2.45) is 0 Å². The lowest BCUT2D eigenvalue weighted by Gasteiger charge is -2.07. The molecule has 0 amide bonds. The number of ether oxygens (including phenoxy) is 2. The third-order valence-electron chi connectivity index (χ3n) is 3.77. The van der Waals surface area contributed by atoms with Gasteiger partial charge in [0.15, 0.2) is 5.43 Å². The molecule has 0 unspecified atom stereocenters. The van der Waals surface area contributed by atoms with E-state index >= 15 is 0 Å². The van der Waals surface area contributed by atoms with Crippen LogP contribution < -0.4 is 14.9 Å². The molecule has 1 heterocycles. The molecule has 130 valence electrons. The molecule has 0 bridgehead atoms. The minimum absolute atomic E-state index is 0.0532. The largest absolute Gasteiger partial charge is 0.497 e. The first-order valence-electron chi connectivity index (χ1n) is 8.17. The van der Waals surface area contributed by atoms with Crippen LogP contribution in [0.3, 0.4) is 0 Å². The summed E-state index contributed by atoms with van der Waals surface area (Å²) in [4.78, 5) is 13.0. The Labute approximate surface area is 150 Å². The summed E-state index contributed by atoms with van der Waals surface area (Å²) in [5, 5.41) is 0.551. The second-order valence-corrected chi connectivity index (χ2v) is 6.69. The zero-order valence-electron chi connectivity index (χ0n) is 14.1. The summed E-state index contributed by atoms with van der Waals surface area (Å²) in [6.45, 7) is 0.632. The lowest BCUT2D eigenvalue weighted by atomic mass is 10.2. The molecule has 5 heteroatoms. The fourth-order valence-electron chi connectivity index (χ4n) is 2.41. The first-order valence-corrected chi connectivity index (χ1v) is 9.16. The van der Waals surface area contributed by atoms with Gasteiger partial charge in [-0.15, -0.1) is 11.8 Å². The summed E-state index contributed by atoms with van der Waals surface area (Å²) in [6.07, 6.45) is 3.43. The Morgan fingerprint density at radius 2 is 1.80 bits per heavy atom. The monoisotopic (exact) mass is 356 g/mol. The summed E-state index contributed by atoms with van der Waals surface area (Å²) >= 11 is 1.82. The predicted octanol–water partition coefficient (Wildman–Crippen LogP) is 4.75. The number of unbranched alkanes of at least 4 members (excludes halogenated alkanes) is 1. The number of methoxy groups -OCH3 is 1. The van der Waals surface area contributed by atoms with Gasteiger partial charge in [-0.25, -0.2) is 0 Å².